The topological polar surface area (TPSA) is 111 Å². The maximum Gasteiger partial charge on any atom is 0.328 e. The second-order valence-corrected chi connectivity index (χ2v) is 16.2. The van der Waals surface area contributed by atoms with Gasteiger partial charge in [-0.2, -0.15) is 11.8 Å². The Hall–Kier alpha value is -4.95. The van der Waals surface area contributed by atoms with Crippen LogP contribution in [0.5, 0.6) is 0 Å². The Bertz CT molecular complexity index is 1890. The van der Waals surface area contributed by atoms with E-state index < -0.39 is 43.7 Å². The lowest BCUT2D eigenvalue weighted by atomic mass is 9.98. The molecule has 10 heteroatoms. The number of carboxylic acid groups (broad SMARTS) is 1. The summed E-state index contributed by atoms with van der Waals surface area (Å²) in [5.41, 5.74) is 3.26. The minimum absolute atomic E-state index is 0.0899. The zero-order valence-electron chi connectivity index (χ0n) is 29.9. The smallest absolute Gasteiger partial charge is 0.328 e. The first-order chi connectivity index (χ1) is 25.7. The molecule has 1 fully saturated rings. The van der Waals surface area contributed by atoms with Gasteiger partial charge >= 0.3 is 5.97 Å². The minimum Gasteiger partial charge on any atom is -0.599 e. The van der Waals surface area contributed by atoms with Crippen molar-refractivity contribution in [3.63, 3.8) is 0 Å². The number of carboxylic acids is 1. The van der Waals surface area contributed by atoms with E-state index in [4.69, 9.17) is 9.47 Å². The number of amides is 1. The van der Waals surface area contributed by atoms with Crippen LogP contribution in [0.15, 0.2) is 145 Å². The van der Waals surface area contributed by atoms with Gasteiger partial charge in [0.15, 0.2) is 6.04 Å². The summed E-state index contributed by atoms with van der Waals surface area (Å²) in [4.78, 5) is 30.1. The van der Waals surface area contributed by atoms with Crippen LogP contribution < -0.4 is 21.0 Å². The van der Waals surface area contributed by atoms with Crippen LogP contribution in [0.2, 0.25) is 0 Å². The van der Waals surface area contributed by atoms with Crippen LogP contribution in [0, 0.1) is 0 Å². The Balaban J connectivity index is 0.000000213. The number of rotatable bonds is 10. The van der Waals surface area contributed by atoms with Crippen molar-refractivity contribution >= 4 is 53.6 Å². The Labute approximate surface area is 316 Å². The summed E-state index contributed by atoms with van der Waals surface area (Å²) in [7, 11) is -0.446. The van der Waals surface area contributed by atoms with Crippen LogP contribution in [0.3, 0.4) is 0 Å². The Morgan fingerprint density at radius 1 is 0.830 bits per heavy atom. The van der Waals surface area contributed by atoms with E-state index in [1.807, 2.05) is 48.5 Å². The molecule has 7 rings (SSSR count). The highest BCUT2D eigenvalue weighted by Gasteiger charge is 2.48. The molecule has 0 saturated carbocycles. The standard InChI is InChI=1S/C25H28N2O6S.C18H15P/c1-25(2)27(21(13-33-25)23(29)30)22(28)20(14-34-3)26-24(31)32-12-19-17-10-6-4-8-15(17)16-9-5-7-11-18(16)19;1-4-10-16(11-5-1)19(17-12-6-2-7-13-17)18-14-8-3-9-15-18/h4-11,19-21H,12-14H2,1-3H3,(H,26,31)(H,29,30);1-15H/p-1/t20-,21?;/m1./s1. The fraction of sp³-hybridized carbons (Fsp3) is 0.233. The van der Waals surface area contributed by atoms with Gasteiger partial charge in [0.1, 0.15) is 17.9 Å². The van der Waals surface area contributed by atoms with Crippen molar-refractivity contribution in [2.75, 3.05) is 25.2 Å². The molecule has 0 bridgehead atoms. The summed E-state index contributed by atoms with van der Waals surface area (Å²) < 4.78 is 11.0. The summed E-state index contributed by atoms with van der Waals surface area (Å²) in [6.45, 7) is 3.21. The quantitative estimate of drug-likeness (QED) is 0.110. The second kappa shape index (κ2) is 17.3. The molecule has 8 nitrogen and oxygen atoms in total. The molecular weight excluding hydrogens is 704 g/mol. The molecule has 53 heavy (non-hydrogen) atoms. The largest absolute Gasteiger partial charge is 0.599 e. The van der Waals surface area contributed by atoms with Crippen LogP contribution >= 0.6 is 19.7 Å². The number of carbonyl (C=O) groups is 2. The van der Waals surface area contributed by atoms with Crippen molar-refractivity contribution in [2.45, 2.75) is 37.6 Å². The van der Waals surface area contributed by atoms with Crippen LogP contribution in [0.4, 0.5) is 0 Å². The number of carbonyl (C=O) groups excluding carboxylic acids is 1. The average Bonchev–Trinajstić information content (AvgIpc) is 3.68. The maximum absolute atomic E-state index is 13.3. The van der Waals surface area contributed by atoms with Crippen LogP contribution in [-0.4, -0.2) is 71.0 Å². The molecule has 0 spiro atoms. The molecule has 0 aromatic heterocycles. The number of hydrogen-bond acceptors (Lipinski definition) is 7. The third-order valence-corrected chi connectivity index (χ3v) is 12.4. The second-order valence-electron chi connectivity index (χ2n) is 13.1. The van der Waals surface area contributed by atoms with Crippen LogP contribution in [0.1, 0.15) is 30.9 Å². The van der Waals surface area contributed by atoms with E-state index in [0.29, 0.717) is 0 Å². The van der Waals surface area contributed by atoms with Gasteiger partial charge in [-0.25, -0.2) is 4.79 Å². The molecular formula is C43H42N2O6PS-. The highest BCUT2D eigenvalue weighted by atomic mass is 32.2. The van der Waals surface area contributed by atoms with Crippen molar-refractivity contribution in [1.82, 2.24) is 4.90 Å². The molecule has 1 unspecified atom stereocenters. The molecule has 2 aliphatic rings. The van der Waals surface area contributed by atoms with Crippen molar-refractivity contribution in [3.05, 3.63) is 151 Å². The normalized spacial score (nSPS) is 16.6. The number of nitrogens with zero attached hydrogens (tertiary/aromatic N) is 2. The number of hydrogen-bond donors (Lipinski definition) is 1. The summed E-state index contributed by atoms with van der Waals surface area (Å²) in [6.07, 6.45) is 0.937. The summed E-state index contributed by atoms with van der Waals surface area (Å²) >= 11 is 1.34. The van der Waals surface area contributed by atoms with Crippen molar-refractivity contribution in [1.29, 1.82) is 0 Å². The van der Waals surface area contributed by atoms with Gasteiger partial charge in [-0.3, -0.25) is 14.7 Å². The maximum atomic E-state index is 13.3. The number of benzene rings is 5. The molecule has 1 aliphatic carbocycles. The molecule has 2 atom stereocenters. The van der Waals surface area contributed by atoms with Gasteiger partial charge in [0.05, 0.1) is 6.61 Å². The first-order valence-corrected chi connectivity index (χ1v) is 20.1. The molecule has 0 radical (unpaired) electrons. The highest BCUT2D eigenvalue weighted by molar-refractivity contribution is 7.98. The van der Waals surface area contributed by atoms with E-state index in [-0.39, 0.29) is 24.9 Å². The molecule has 1 saturated heterocycles. The average molecular weight is 746 g/mol. The van der Waals surface area contributed by atoms with Gasteiger partial charge in [-0.1, -0.05) is 140 Å². The lowest BCUT2D eigenvalue weighted by Crippen LogP contribution is -2.54. The summed E-state index contributed by atoms with van der Waals surface area (Å²) in [6, 6.07) is 46.1. The molecule has 5 aromatic carbocycles. The van der Waals surface area contributed by atoms with E-state index in [1.54, 1.807) is 20.1 Å². The number of aliphatic carboxylic acids is 1. The Kier molecular flexibility index (Phi) is 12.3. The zero-order valence-corrected chi connectivity index (χ0v) is 31.6. The first-order valence-electron chi connectivity index (χ1n) is 17.4. The first kappa shape index (κ1) is 37.8. The van der Waals surface area contributed by atoms with Crippen molar-refractivity contribution < 1.29 is 29.3 Å². The molecule has 1 N–H and O–H groups in total. The zero-order chi connectivity index (χ0) is 37.4. The van der Waals surface area contributed by atoms with E-state index in [2.05, 4.69) is 96.0 Å². The minimum atomic E-state index is -1.16. The third kappa shape index (κ3) is 8.65. The molecule has 5 aromatic rings. The Morgan fingerprint density at radius 3 is 1.74 bits per heavy atom. The Morgan fingerprint density at radius 2 is 1.28 bits per heavy atom. The SMILES string of the molecule is CSC[C@@H](N=C([O-])OCC1c2ccccc2-c2ccccc21)C(=O)N1C(C(=O)O)COC1(C)C.c1ccc(P(c2ccccc2)c2ccccc2)cc1. The molecule has 272 valence electrons. The highest BCUT2D eigenvalue weighted by Crippen LogP contribution is 2.44. The fourth-order valence-electron chi connectivity index (χ4n) is 6.82. The molecule has 1 amide bonds. The molecule has 1 heterocycles. The van der Waals surface area contributed by atoms with E-state index in [1.165, 1.54) is 27.7 Å². The number of aliphatic imine (C=N–C) groups is 1. The van der Waals surface area contributed by atoms with Gasteiger partial charge in [0.2, 0.25) is 0 Å². The number of fused-ring (bicyclic) bond motifs is 3. The predicted octanol–water partition coefficient (Wildman–Crippen LogP) is 5.76. The van der Waals surface area contributed by atoms with Gasteiger partial charge < -0.3 is 19.7 Å². The van der Waals surface area contributed by atoms with Crippen molar-refractivity contribution in [3.8, 4) is 11.1 Å². The van der Waals surface area contributed by atoms with E-state index in [9.17, 15) is 19.8 Å². The van der Waals surface area contributed by atoms with Gasteiger partial charge in [-0.15, -0.1) is 0 Å². The fourth-order valence-corrected chi connectivity index (χ4v) is 9.66. The predicted molar refractivity (Wildman–Crippen MR) is 213 cm³/mol. The van der Waals surface area contributed by atoms with Gasteiger partial charge in [0, 0.05) is 18.3 Å². The number of thioether (sulfide) groups is 1. The van der Waals surface area contributed by atoms with Gasteiger partial charge in [0.25, 0.3) is 5.91 Å². The third-order valence-electron chi connectivity index (χ3n) is 9.26. The lowest BCUT2D eigenvalue weighted by Gasteiger charge is -2.34. The molecule has 1 aliphatic heterocycles. The van der Waals surface area contributed by atoms with Crippen molar-refractivity contribution in [2.24, 2.45) is 4.99 Å². The lowest BCUT2D eigenvalue weighted by molar-refractivity contribution is -0.251. The monoisotopic (exact) mass is 745 g/mol. The van der Waals surface area contributed by atoms with Crippen LogP contribution in [0.25, 0.3) is 11.1 Å². The van der Waals surface area contributed by atoms with E-state index in [0.717, 1.165) is 27.2 Å². The van der Waals surface area contributed by atoms with Gasteiger partial charge in [-0.05, 0) is 66.2 Å². The number of ether oxygens (including phenoxy) is 2. The summed E-state index contributed by atoms with van der Waals surface area (Å²) in [5, 5.41) is 26.4. The van der Waals surface area contributed by atoms with E-state index >= 15 is 0 Å². The van der Waals surface area contributed by atoms with Crippen LogP contribution in [-0.2, 0) is 19.1 Å². The summed E-state index contributed by atoms with van der Waals surface area (Å²) in [5.74, 6) is -1.65.